The molecule has 0 aliphatic heterocycles. The van der Waals surface area contributed by atoms with E-state index in [-0.39, 0.29) is 0 Å². The molecule has 0 heterocycles. The van der Waals surface area contributed by atoms with E-state index in [0.717, 1.165) is 0 Å². The van der Waals surface area contributed by atoms with E-state index in [1.54, 1.807) is 20.8 Å². The highest BCUT2D eigenvalue weighted by Gasteiger charge is 2.31. The van der Waals surface area contributed by atoms with Crippen LogP contribution in [0.4, 0.5) is 9.18 Å². The molecule has 0 aliphatic rings. The SMILES string of the molecule is CC(C)(C)OC(=O)NC(C=O)C(C)(C)F. The third-order valence-electron chi connectivity index (χ3n) is 1.55. The van der Waals surface area contributed by atoms with Gasteiger partial charge in [0.2, 0.25) is 0 Å². The largest absolute Gasteiger partial charge is 0.444 e. The van der Waals surface area contributed by atoms with Crippen LogP contribution in [0.3, 0.4) is 0 Å². The highest BCUT2D eigenvalue weighted by Crippen LogP contribution is 2.14. The molecule has 0 aromatic rings. The molecule has 0 fully saturated rings. The molecule has 1 atom stereocenters. The Hall–Kier alpha value is -1.13. The molecule has 0 saturated carbocycles. The minimum atomic E-state index is -1.81. The second-order valence-corrected chi connectivity index (χ2v) is 4.82. The van der Waals surface area contributed by atoms with Crippen molar-refractivity contribution in [2.24, 2.45) is 0 Å². The van der Waals surface area contributed by atoms with Crippen LogP contribution in [0.15, 0.2) is 0 Å². The maximum absolute atomic E-state index is 13.3. The van der Waals surface area contributed by atoms with Crippen LogP contribution in [0.1, 0.15) is 34.6 Å². The van der Waals surface area contributed by atoms with Gasteiger partial charge in [0.1, 0.15) is 23.6 Å². The van der Waals surface area contributed by atoms with Crippen LogP contribution in [0, 0.1) is 0 Å². The van der Waals surface area contributed by atoms with E-state index in [1.807, 2.05) is 0 Å². The summed E-state index contributed by atoms with van der Waals surface area (Å²) in [5, 5.41) is 2.16. The van der Waals surface area contributed by atoms with Crippen LogP contribution in [0.25, 0.3) is 0 Å². The normalized spacial score (nSPS) is 14.3. The van der Waals surface area contributed by atoms with Crippen molar-refractivity contribution >= 4 is 12.4 Å². The van der Waals surface area contributed by atoms with Crippen LogP contribution in [0.5, 0.6) is 0 Å². The van der Waals surface area contributed by atoms with Crippen LogP contribution in [-0.4, -0.2) is 29.7 Å². The van der Waals surface area contributed by atoms with Crippen molar-refractivity contribution in [3.63, 3.8) is 0 Å². The van der Waals surface area contributed by atoms with Crippen molar-refractivity contribution in [3.05, 3.63) is 0 Å². The molecule has 15 heavy (non-hydrogen) atoms. The maximum atomic E-state index is 13.3. The Bertz CT molecular complexity index is 240. The highest BCUT2D eigenvalue weighted by atomic mass is 19.1. The molecule has 0 saturated heterocycles. The number of carbonyl (C=O) groups is 2. The first kappa shape index (κ1) is 13.9. The zero-order chi connectivity index (χ0) is 12.3. The third kappa shape index (κ3) is 6.04. The summed E-state index contributed by atoms with van der Waals surface area (Å²) in [6.07, 6.45) is -0.450. The molecule has 0 spiro atoms. The minimum Gasteiger partial charge on any atom is -0.444 e. The summed E-state index contributed by atoms with van der Waals surface area (Å²) >= 11 is 0. The summed E-state index contributed by atoms with van der Waals surface area (Å²) < 4.78 is 18.2. The average Bonchev–Trinajstić information content (AvgIpc) is 1.94. The van der Waals surface area contributed by atoms with Crippen LogP contribution >= 0.6 is 0 Å². The summed E-state index contributed by atoms with van der Waals surface area (Å²) in [5.74, 6) is 0. The lowest BCUT2D eigenvalue weighted by Crippen LogP contribution is -2.49. The van der Waals surface area contributed by atoms with E-state index >= 15 is 0 Å². The number of halogens is 1. The predicted molar refractivity (Wildman–Crippen MR) is 54.4 cm³/mol. The predicted octanol–water partition coefficient (Wildman–Crippen LogP) is 1.83. The Labute approximate surface area is 89.2 Å². The maximum Gasteiger partial charge on any atom is 0.408 e. The number of nitrogens with one attached hydrogen (secondary N) is 1. The first-order valence-electron chi connectivity index (χ1n) is 4.70. The molecule has 88 valence electrons. The second-order valence-electron chi connectivity index (χ2n) is 4.82. The first-order valence-corrected chi connectivity index (χ1v) is 4.70. The molecule has 0 bridgehead atoms. The Morgan fingerprint density at radius 2 is 1.80 bits per heavy atom. The molecule has 0 aromatic heterocycles. The van der Waals surface area contributed by atoms with Gasteiger partial charge in [0.05, 0.1) is 0 Å². The van der Waals surface area contributed by atoms with Crippen molar-refractivity contribution in [2.45, 2.75) is 51.9 Å². The van der Waals surface area contributed by atoms with Gasteiger partial charge in [-0.1, -0.05) is 0 Å². The number of amides is 1. The summed E-state index contributed by atoms with van der Waals surface area (Å²) in [6.45, 7) is 7.47. The van der Waals surface area contributed by atoms with E-state index < -0.39 is 23.4 Å². The number of hydrogen-bond acceptors (Lipinski definition) is 3. The number of rotatable bonds is 3. The van der Waals surface area contributed by atoms with Crippen molar-refractivity contribution in [3.8, 4) is 0 Å². The van der Waals surface area contributed by atoms with Crippen molar-refractivity contribution < 1.29 is 18.7 Å². The standard InChI is InChI=1S/C10H18FNO3/c1-9(2,3)15-8(14)12-7(6-13)10(4,5)11/h6-7H,1-5H3,(H,12,14). The fourth-order valence-electron chi connectivity index (χ4n) is 0.802. The van der Waals surface area contributed by atoms with Crippen molar-refractivity contribution in [2.75, 3.05) is 0 Å². The van der Waals surface area contributed by atoms with Crippen molar-refractivity contribution in [1.29, 1.82) is 0 Å². The summed E-state index contributed by atoms with van der Waals surface area (Å²) in [7, 11) is 0. The average molecular weight is 219 g/mol. The smallest absolute Gasteiger partial charge is 0.408 e. The van der Waals surface area contributed by atoms with Gasteiger partial charge in [-0.05, 0) is 34.6 Å². The number of alkyl carbamates (subject to hydrolysis) is 1. The summed E-state index contributed by atoms with van der Waals surface area (Å²) in [5.41, 5.74) is -2.48. The van der Waals surface area contributed by atoms with Crippen LogP contribution in [0.2, 0.25) is 0 Å². The molecule has 0 aromatic carbocycles. The molecule has 1 amide bonds. The quantitative estimate of drug-likeness (QED) is 0.737. The molecular weight excluding hydrogens is 201 g/mol. The molecule has 1 N–H and O–H groups in total. The second kappa shape index (κ2) is 4.59. The fourth-order valence-corrected chi connectivity index (χ4v) is 0.802. The monoisotopic (exact) mass is 219 g/mol. The molecule has 0 aliphatic carbocycles. The highest BCUT2D eigenvalue weighted by molar-refractivity contribution is 5.74. The van der Waals surface area contributed by atoms with Crippen LogP contribution in [-0.2, 0) is 9.53 Å². The zero-order valence-corrected chi connectivity index (χ0v) is 9.76. The number of carbonyl (C=O) groups excluding carboxylic acids is 2. The minimum absolute atomic E-state index is 0.351. The lowest BCUT2D eigenvalue weighted by atomic mass is 10.0. The third-order valence-corrected chi connectivity index (χ3v) is 1.55. The topological polar surface area (TPSA) is 55.4 Å². The van der Waals surface area contributed by atoms with E-state index in [2.05, 4.69) is 5.32 Å². The lowest BCUT2D eigenvalue weighted by molar-refractivity contribution is -0.112. The van der Waals surface area contributed by atoms with Gasteiger partial charge in [-0.25, -0.2) is 9.18 Å². The Balaban J connectivity index is 4.33. The van der Waals surface area contributed by atoms with E-state index in [4.69, 9.17) is 4.74 Å². The first-order chi connectivity index (χ1) is 6.56. The van der Waals surface area contributed by atoms with Crippen molar-refractivity contribution in [1.82, 2.24) is 5.32 Å². The van der Waals surface area contributed by atoms with E-state index in [1.165, 1.54) is 13.8 Å². The van der Waals surface area contributed by atoms with Gasteiger partial charge in [-0.3, -0.25) is 0 Å². The van der Waals surface area contributed by atoms with E-state index in [9.17, 15) is 14.0 Å². The Kier molecular flexibility index (Phi) is 4.25. The number of ether oxygens (including phenoxy) is 1. The van der Waals surface area contributed by atoms with Gasteiger partial charge >= 0.3 is 6.09 Å². The number of alkyl halides is 1. The van der Waals surface area contributed by atoms with Gasteiger partial charge < -0.3 is 14.8 Å². The molecule has 0 rings (SSSR count). The zero-order valence-electron chi connectivity index (χ0n) is 9.76. The van der Waals surface area contributed by atoms with Gasteiger partial charge in [0.15, 0.2) is 0 Å². The lowest BCUT2D eigenvalue weighted by Gasteiger charge is -2.25. The number of aldehydes is 1. The molecule has 4 nitrogen and oxygen atoms in total. The Morgan fingerprint density at radius 3 is 2.07 bits per heavy atom. The molecule has 5 heteroatoms. The molecule has 1 unspecified atom stereocenters. The van der Waals surface area contributed by atoms with Gasteiger partial charge in [0.25, 0.3) is 0 Å². The van der Waals surface area contributed by atoms with Crippen LogP contribution < -0.4 is 5.32 Å². The number of hydrogen-bond donors (Lipinski definition) is 1. The summed E-state index contributed by atoms with van der Waals surface area (Å²) in [4.78, 5) is 21.8. The van der Waals surface area contributed by atoms with Gasteiger partial charge in [-0.2, -0.15) is 0 Å². The molecular formula is C10H18FNO3. The Morgan fingerprint density at radius 1 is 1.33 bits per heavy atom. The molecule has 0 radical (unpaired) electrons. The van der Waals surface area contributed by atoms with Gasteiger partial charge in [-0.15, -0.1) is 0 Å². The fraction of sp³-hybridized carbons (Fsp3) is 0.800. The summed E-state index contributed by atoms with van der Waals surface area (Å²) in [6, 6.07) is -1.20. The van der Waals surface area contributed by atoms with Gasteiger partial charge in [0, 0.05) is 0 Å². The van der Waals surface area contributed by atoms with E-state index in [0.29, 0.717) is 6.29 Å².